The summed E-state index contributed by atoms with van der Waals surface area (Å²) in [5, 5.41) is 1.87. The van der Waals surface area contributed by atoms with Gasteiger partial charge in [-0.05, 0) is 59.0 Å². The van der Waals surface area contributed by atoms with E-state index >= 15 is 0 Å². The Bertz CT molecular complexity index is 346. The van der Waals surface area contributed by atoms with Crippen LogP contribution < -0.4 is 0 Å². The Morgan fingerprint density at radius 2 is 1.20 bits per heavy atom. The van der Waals surface area contributed by atoms with Crippen molar-refractivity contribution >= 4 is 15.8 Å². The minimum absolute atomic E-state index is 0.104. The number of hydrogen-bond acceptors (Lipinski definition) is 0. The van der Waals surface area contributed by atoms with Crippen molar-refractivity contribution in [2.24, 2.45) is 5.41 Å². The first kappa shape index (κ1) is 17.0. The second-order valence-electron chi connectivity index (χ2n) is 8.17. The maximum atomic E-state index is 2.84. The zero-order valence-electron chi connectivity index (χ0n) is 14.6. The van der Waals surface area contributed by atoms with Crippen LogP contribution in [0.25, 0.3) is 0 Å². The van der Waals surface area contributed by atoms with Crippen LogP contribution in [0.3, 0.4) is 0 Å². The maximum absolute atomic E-state index is 2.84. The molecule has 0 spiro atoms. The van der Waals surface area contributed by atoms with Crippen molar-refractivity contribution in [3.8, 4) is 0 Å². The lowest BCUT2D eigenvalue weighted by molar-refractivity contribution is 0.530. The van der Waals surface area contributed by atoms with E-state index in [2.05, 4.69) is 54.3 Å². The lowest BCUT2D eigenvalue weighted by Gasteiger charge is -2.35. The molecule has 0 aromatic carbocycles. The highest BCUT2D eigenvalue weighted by Gasteiger charge is 2.38. The molecule has 116 valence electrons. The first-order valence-corrected chi connectivity index (χ1v) is 11.5. The first-order chi connectivity index (χ1) is 9.21. The van der Waals surface area contributed by atoms with Gasteiger partial charge in [0.25, 0.3) is 0 Å². The van der Waals surface area contributed by atoms with E-state index in [1.807, 2.05) is 5.31 Å². The fourth-order valence-electron chi connectivity index (χ4n) is 3.93. The van der Waals surface area contributed by atoms with Gasteiger partial charge in [-0.25, -0.2) is 0 Å². The van der Waals surface area contributed by atoms with Gasteiger partial charge in [-0.15, -0.1) is 0 Å². The molecule has 0 bridgehead atoms. The molecule has 4 atom stereocenters. The zero-order chi connectivity index (χ0) is 15.1. The molecule has 2 heteroatoms. The molecule has 0 N–H and O–H groups in total. The molecule has 0 saturated carbocycles. The highest BCUT2D eigenvalue weighted by molar-refractivity contribution is 7.67. The molecule has 2 heterocycles. The van der Waals surface area contributed by atoms with Crippen LogP contribution in [0.4, 0.5) is 0 Å². The maximum Gasteiger partial charge on any atom is -0.0127 e. The summed E-state index contributed by atoms with van der Waals surface area (Å²) in [6, 6.07) is 0. The van der Waals surface area contributed by atoms with Crippen LogP contribution in [-0.4, -0.2) is 22.6 Å². The Morgan fingerprint density at radius 1 is 0.800 bits per heavy atom. The summed E-state index contributed by atoms with van der Waals surface area (Å²) in [7, 11) is 0.233. The molecule has 0 aromatic heterocycles. The largest absolute Gasteiger partial charge is 0.0771 e. The van der Waals surface area contributed by atoms with Crippen molar-refractivity contribution in [3.05, 3.63) is 11.1 Å². The van der Waals surface area contributed by atoms with E-state index in [1.165, 1.54) is 25.7 Å². The van der Waals surface area contributed by atoms with Crippen LogP contribution in [0.2, 0.25) is 0 Å². The summed E-state index contributed by atoms with van der Waals surface area (Å²) in [6.45, 7) is 17.4. The molecule has 2 rings (SSSR count). The molecule has 2 aliphatic rings. The minimum Gasteiger partial charge on any atom is -0.0771 e. The minimum atomic E-state index is 0.104. The average Bonchev–Trinajstić information content (AvgIpc) is 2.81. The summed E-state index contributed by atoms with van der Waals surface area (Å²) in [4.78, 5) is 0. The first-order valence-electron chi connectivity index (χ1n) is 8.50. The third-order valence-corrected chi connectivity index (χ3v) is 12.4. The van der Waals surface area contributed by atoms with E-state index in [0.29, 0.717) is 5.41 Å². The SMILES string of the molecule is C[C@@H]1CC[C@@H](C)P1/C=C(\P1[C@H](C)CC[C@H]1C)C(C)(C)C. The highest BCUT2D eigenvalue weighted by Crippen LogP contribution is 2.68. The van der Waals surface area contributed by atoms with Crippen LogP contribution in [0.1, 0.15) is 74.1 Å². The summed E-state index contributed by atoms with van der Waals surface area (Å²) < 4.78 is 0. The van der Waals surface area contributed by atoms with Gasteiger partial charge >= 0.3 is 0 Å². The number of allylic oxidation sites excluding steroid dienone is 1. The van der Waals surface area contributed by atoms with Crippen LogP contribution in [0, 0.1) is 5.41 Å². The molecular weight excluding hydrogens is 278 g/mol. The van der Waals surface area contributed by atoms with Crippen LogP contribution in [-0.2, 0) is 0 Å². The van der Waals surface area contributed by atoms with E-state index in [-0.39, 0.29) is 15.8 Å². The molecule has 2 fully saturated rings. The van der Waals surface area contributed by atoms with Crippen molar-refractivity contribution in [3.63, 3.8) is 0 Å². The fraction of sp³-hybridized carbons (Fsp3) is 0.889. The zero-order valence-corrected chi connectivity index (χ0v) is 16.4. The second-order valence-corrected chi connectivity index (χ2v) is 14.1. The molecule has 20 heavy (non-hydrogen) atoms. The topological polar surface area (TPSA) is 0 Å². The van der Waals surface area contributed by atoms with Crippen molar-refractivity contribution < 1.29 is 0 Å². The smallest absolute Gasteiger partial charge is 0.0127 e. The van der Waals surface area contributed by atoms with Crippen molar-refractivity contribution in [1.29, 1.82) is 0 Å². The Balaban J connectivity index is 2.33. The standard InChI is InChI=1S/C18H34P2/c1-13-8-9-14(2)19(13)12-17(18(5,6)7)20-15(3)10-11-16(20)4/h12-16H,8-11H2,1-7H3/b17-12-/t13-,14-,15-,16-/m1/s1. The predicted molar refractivity (Wildman–Crippen MR) is 97.7 cm³/mol. The molecule has 0 nitrogen and oxygen atoms in total. The van der Waals surface area contributed by atoms with Crippen molar-refractivity contribution in [2.75, 3.05) is 0 Å². The molecule has 0 aromatic rings. The van der Waals surface area contributed by atoms with Gasteiger partial charge in [0.1, 0.15) is 0 Å². The Labute approximate surface area is 129 Å². The lowest BCUT2D eigenvalue weighted by Crippen LogP contribution is -2.14. The molecule has 0 unspecified atom stereocenters. The van der Waals surface area contributed by atoms with E-state index in [9.17, 15) is 0 Å². The molecule has 0 radical (unpaired) electrons. The average molecular weight is 312 g/mol. The van der Waals surface area contributed by atoms with Gasteiger partial charge in [-0.2, -0.15) is 0 Å². The van der Waals surface area contributed by atoms with Crippen molar-refractivity contribution in [1.82, 2.24) is 0 Å². The Morgan fingerprint density at radius 3 is 1.60 bits per heavy atom. The quantitative estimate of drug-likeness (QED) is 0.482. The predicted octanol–water partition coefficient (Wildman–Crippen LogP) is 6.98. The monoisotopic (exact) mass is 312 g/mol. The summed E-state index contributed by atoms with van der Waals surface area (Å²) in [5.41, 5.74) is 4.20. The highest BCUT2D eigenvalue weighted by atomic mass is 31.1. The van der Waals surface area contributed by atoms with Gasteiger partial charge in [-0.1, -0.05) is 70.1 Å². The summed E-state index contributed by atoms with van der Waals surface area (Å²) in [5.74, 6) is 2.84. The summed E-state index contributed by atoms with van der Waals surface area (Å²) >= 11 is 0. The number of rotatable bonds is 2. The van der Waals surface area contributed by atoms with Gasteiger partial charge in [0.05, 0.1) is 0 Å². The van der Waals surface area contributed by atoms with E-state index in [1.54, 1.807) is 0 Å². The van der Waals surface area contributed by atoms with E-state index in [4.69, 9.17) is 0 Å². The molecule has 2 aliphatic heterocycles. The van der Waals surface area contributed by atoms with E-state index in [0.717, 1.165) is 22.6 Å². The van der Waals surface area contributed by atoms with Crippen molar-refractivity contribution in [2.45, 2.75) is 96.8 Å². The Kier molecular flexibility index (Phi) is 5.41. The lowest BCUT2D eigenvalue weighted by atomic mass is 9.97. The normalized spacial score (nSPS) is 37.9. The van der Waals surface area contributed by atoms with Gasteiger partial charge in [-0.3, -0.25) is 0 Å². The van der Waals surface area contributed by atoms with Crippen LogP contribution in [0.15, 0.2) is 11.1 Å². The number of hydrogen-bond donors (Lipinski definition) is 0. The van der Waals surface area contributed by atoms with Gasteiger partial charge in [0.15, 0.2) is 0 Å². The van der Waals surface area contributed by atoms with E-state index < -0.39 is 0 Å². The molecule has 0 amide bonds. The molecule has 2 saturated heterocycles. The second kappa shape index (κ2) is 6.38. The van der Waals surface area contributed by atoms with Gasteiger partial charge < -0.3 is 0 Å². The van der Waals surface area contributed by atoms with Crippen LogP contribution >= 0.6 is 15.8 Å². The van der Waals surface area contributed by atoms with Gasteiger partial charge in [0, 0.05) is 0 Å². The fourth-order valence-corrected chi connectivity index (χ4v) is 11.3. The van der Waals surface area contributed by atoms with Gasteiger partial charge in [0.2, 0.25) is 0 Å². The molecule has 0 aliphatic carbocycles. The Hall–Kier alpha value is 0.600. The molecular formula is C18H34P2. The third kappa shape index (κ3) is 3.50. The third-order valence-electron chi connectivity index (χ3n) is 5.29. The summed E-state index contributed by atoms with van der Waals surface area (Å²) in [6.07, 6.45) is 5.85. The van der Waals surface area contributed by atoms with Crippen LogP contribution in [0.5, 0.6) is 0 Å².